The Morgan fingerprint density at radius 2 is 1.43 bits per heavy atom. The van der Waals surface area contributed by atoms with E-state index in [1.165, 1.54) is 13.3 Å². The molecule has 51 heavy (non-hydrogen) atoms. The molecule has 1 aliphatic heterocycles. The van der Waals surface area contributed by atoms with Gasteiger partial charge in [-0.3, -0.25) is 0 Å². The lowest BCUT2D eigenvalue weighted by molar-refractivity contribution is -1.15. The van der Waals surface area contributed by atoms with E-state index < -0.39 is 10.7 Å². The fourth-order valence-electron chi connectivity index (χ4n) is 5.89. The van der Waals surface area contributed by atoms with Crippen LogP contribution in [-0.2, 0) is 16.0 Å². The van der Waals surface area contributed by atoms with Crippen molar-refractivity contribution in [2.24, 2.45) is 0 Å². The van der Waals surface area contributed by atoms with Gasteiger partial charge < -0.3 is 28.4 Å². The summed E-state index contributed by atoms with van der Waals surface area (Å²) in [5.74, 6) is 2.86. The predicted molar refractivity (Wildman–Crippen MR) is 198 cm³/mol. The van der Waals surface area contributed by atoms with Gasteiger partial charge in [-0.25, -0.2) is 4.79 Å². The molecule has 10 nitrogen and oxygen atoms in total. The zero-order valence-corrected chi connectivity index (χ0v) is 31.7. The minimum Gasteiger partial charge on any atom is -0.493 e. The Kier molecular flexibility index (Phi) is 13.4. The summed E-state index contributed by atoms with van der Waals surface area (Å²) < 4.78 is 36.6. The van der Waals surface area contributed by atoms with E-state index in [1.54, 1.807) is 76.6 Å². The first-order chi connectivity index (χ1) is 24.7. The minimum absolute atomic E-state index is 0.206. The van der Waals surface area contributed by atoms with E-state index in [0.29, 0.717) is 53.1 Å². The molecule has 270 valence electrons. The average molecular weight is 782 g/mol. The molecule has 1 heterocycles. The van der Waals surface area contributed by atoms with Crippen molar-refractivity contribution in [2.75, 3.05) is 47.9 Å². The number of ether oxygens (including phenoxy) is 6. The predicted octanol–water partition coefficient (Wildman–Crippen LogP) is 8.91. The van der Waals surface area contributed by atoms with Crippen LogP contribution in [0.3, 0.4) is 0 Å². The molecule has 3 atom stereocenters. The van der Waals surface area contributed by atoms with Gasteiger partial charge in [0.2, 0.25) is 5.75 Å². The molecule has 12 heteroatoms. The highest BCUT2D eigenvalue weighted by Gasteiger charge is 2.36. The molecule has 1 amide bonds. The van der Waals surface area contributed by atoms with E-state index in [4.69, 9.17) is 33.3 Å². The molecule has 1 saturated heterocycles. The van der Waals surface area contributed by atoms with Crippen molar-refractivity contribution in [1.29, 1.82) is 0 Å². The van der Waals surface area contributed by atoms with E-state index in [-0.39, 0.29) is 12.2 Å². The molecule has 1 aliphatic rings. The number of nitrogens with zero attached hydrogens (tertiary/aromatic N) is 1. The molecule has 0 bridgehead atoms. The number of rotatable bonds is 16. The van der Waals surface area contributed by atoms with Crippen molar-refractivity contribution < 1.29 is 48.1 Å². The van der Waals surface area contributed by atoms with Crippen LogP contribution in [-0.4, -0.2) is 63.8 Å². The fourth-order valence-corrected chi connectivity index (χ4v) is 6.88. The number of hydrogen-bond acceptors (Lipinski definition) is 10. The zero-order chi connectivity index (χ0) is 36.4. The van der Waals surface area contributed by atoms with E-state index in [0.717, 1.165) is 38.9 Å². The fraction of sp³-hybridized carbons (Fsp3) is 0.308. The molecule has 5 rings (SSSR count). The standard InChI is InChI=1S/C39H43BrNO9S/c1-44-34-23-28(32-17-18-33(50-32)29-24-35(45-2)38(47-4)36(25-29)46-3)22-27(37(34)49-20-21-51-31-15-13-30(40)14-16-31)12-9-19-41(43,48-5)39(42)26-10-7-6-8-11-26/h6-11,13-16,19,22-25,32-33,43H,12,17-18,20-21H2,1-5H3/q+1/b19-9+. The Hall–Kier alpha value is -4.04. The number of halogens is 1. The number of carbonyl (C=O) groups is 1. The normalized spacial score (nSPS) is 16.8. The van der Waals surface area contributed by atoms with Gasteiger partial charge in [-0.15, -0.1) is 11.8 Å². The van der Waals surface area contributed by atoms with Gasteiger partial charge in [-0.1, -0.05) is 34.1 Å². The van der Waals surface area contributed by atoms with Crippen LogP contribution < -0.4 is 23.7 Å². The van der Waals surface area contributed by atoms with E-state index >= 15 is 0 Å². The van der Waals surface area contributed by atoms with Gasteiger partial charge in [0.25, 0.3) is 0 Å². The van der Waals surface area contributed by atoms with Crippen molar-refractivity contribution >= 4 is 33.6 Å². The molecule has 0 aromatic heterocycles. The summed E-state index contributed by atoms with van der Waals surface area (Å²) >= 11 is 5.17. The molecular weight excluding hydrogens is 738 g/mol. The summed E-state index contributed by atoms with van der Waals surface area (Å²) in [6, 6.07) is 24.4. The van der Waals surface area contributed by atoms with Gasteiger partial charge >= 0.3 is 5.91 Å². The molecule has 3 unspecified atom stereocenters. The third kappa shape index (κ3) is 9.26. The van der Waals surface area contributed by atoms with Gasteiger partial charge in [0, 0.05) is 25.5 Å². The number of amides is 1. The van der Waals surface area contributed by atoms with Gasteiger partial charge in [0.05, 0.1) is 52.8 Å². The molecule has 1 N–H and O–H groups in total. The molecule has 0 spiro atoms. The van der Waals surface area contributed by atoms with E-state index in [2.05, 4.69) is 28.1 Å². The second-order valence-electron chi connectivity index (χ2n) is 11.6. The summed E-state index contributed by atoms with van der Waals surface area (Å²) in [4.78, 5) is 18.2. The zero-order valence-electron chi connectivity index (χ0n) is 29.3. The van der Waals surface area contributed by atoms with Gasteiger partial charge in [-0.05, 0) is 97.1 Å². The molecule has 0 aliphatic carbocycles. The van der Waals surface area contributed by atoms with Crippen molar-refractivity contribution in [2.45, 2.75) is 36.4 Å². The lowest BCUT2D eigenvalue weighted by Crippen LogP contribution is -2.44. The average Bonchev–Trinajstić information content (AvgIpc) is 3.67. The maximum atomic E-state index is 13.2. The van der Waals surface area contributed by atoms with Crippen LogP contribution in [0.2, 0.25) is 0 Å². The van der Waals surface area contributed by atoms with E-state index in [1.807, 2.05) is 36.4 Å². The van der Waals surface area contributed by atoms with Gasteiger partial charge in [0.15, 0.2) is 29.2 Å². The third-order valence-electron chi connectivity index (χ3n) is 8.47. The Morgan fingerprint density at radius 1 is 0.843 bits per heavy atom. The Balaban J connectivity index is 1.41. The SMILES string of the molecule is COc1cc(C2CCC(c3cc(OC)c(OC)c(OC)c3)O2)cc(C/C=C/[N+](O)(OC)C(=O)c2ccccc2)c1OCCSc1ccc(Br)cc1. The molecule has 4 aromatic rings. The first-order valence-corrected chi connectivity index (χ1v) is 18.1. The quantitative estimate of drug-likeness (QED) is 0.0390. The number of benzene rings is 4. The summed E-state index contributed by atoms with van der Waals surface area (Å²) in [5, 5.41) is 11.1. The van der Waals surface area contributed by atoms with Crippen LogP contribution in [0, 0.1) is 0 Å². The number of quaternary nitrogens is 1. The van der Waals surface area contributed by atoms with Gasteiger partial charge in [-0.2, -0.15) is 10.0 Å². The Labute approximate surface area is 311 Å². The number of carbonyl (C=O) groups excluding carboxylic acids is 1. The van der Waals surface area contributed by atoms with Crippen LogP contribution in [0.5, 0.6) is 28.7 Å². The molecule has 1 fully saturated rings. The monoisotopic (exact) mass is 780 g/mol. The van der Waals surface area contributed by atoms with Crippen molar-refractivity contribution in [3.05, 3.63) is 118 Å². The van der Waals surface area contributed by atoms with Crippen LogP contribution >= 0.6 is 27.7 Å². The van der Waals surface area contributed by atoms with Crippen molar-refractivity contribution in [3.63, 3.8) is 0 Å². The first-order valence-electron chi connectivity index (χ1n) is 16.4. The lowest BCUT2D eigenvalue weighted by Gasteiger charge is -2.21. The van der Waals surface area contributed by atoms with Crippen molar-refractivity contribution in [3.8, 4) is 28.7 Å². The highest BCUT2D eigenvalue weighted by atomic mass is 79.9. The maximum Gasteiger partial charge on any atom is 0.415 e. The smallest absolute Gasteiger partial charge is 0.415 e. The number of hydroxylamine groups is 4. The number of thioether (sulfide) groups is 1. The van der Waals surface area contributed by atoms with Crippen LogP contribution in [0.15, 0.2) is 101 Å². The molecular formula is C39H43BrNO9S+. The summed E-state index contributed by atoms with van der Waals surface area (Å²) in [6.07, 6.45) is 4.38. The number of hydrogen-bond donors (Lipinski definition) is 1. The van der Waals surface area contributed by atoms with Crippen LogP contribution in [0.4, 0.5) is 0 Å². The Morgan fingerprint density at radius 3 is 2.00 bits per heavy atom. The number of methoxy groups -OCH3 is 4. The summed E-state index contributed by atoms with van der Waals surface area (Å²) in [6.45, 7) is 0.418. The maximum absolute atomic E-state index is 13.2. The first kappa shape index (κ1) is 38.2. The second-order valence-corrected chi connectivity index (χ2v) is 13.7. The minimum atomic E-state index is -1.36. The molecule has 0 saturated carbocycles. The van der Waals surface area contributed by atoms with E-state index in [9.17, 15) is 10.0 Å². The highest BCUT2D eigenvalue weighted by Crippen LogP contribution is 2.47. The summed E-state index contributed by atoms with van der Waals surface area (Å²) in [5.41, 5.74) is 2.94. The topological polar surface area (TPSA) is 102 Å². The van der Waals surface area contributed by atoms with Gasteiger partial charge in [0.1, 0.15) is 7.11 Å². The van der Waals surface area contributed by atoms with Crippen LogP contribution in [0.1, 0.15) is 52.1 Å². The Bertz CT molecular complexity index is 1780. The molecule has 0 radical (unpaired) electrons. The largest absolute Gasteiger partial charge is 0.493 e. The highest BCUT2D eigenvalue weighted by molar-refractivity contribution is 9.10. The third-order valence-corrected chi connectivity index (χ3v) is 9.98. The van der Waals surface area contributed by atoms with Crippen LogP contribution in [0.25, 0.3) is 0 Å². The number of allylic oxidation sites excluding steroid dienone is 1. The lowest BCUT2D eigenvalue weighted by atomic mass is 9.99. The van der Waals surface area contributed by atoms with Crippen molar-refractivity contribution in [1.82, 2.24) is 0 Å². The molecule has 4 aromatic carbocycles. The summed E-state index contributed by atoms with van der Waals surface area (Å²) in [7, 11) is 7.64. The second kappa shape index (κ2) is 17.9.